The second-order valence-electron chi connectivity index (χ2n) is 7.43. The lowest BCUT2D eigenvalue weighted by Crippen LogP contribution is -2.52. The third-order valence-corrected chi connectivity index (χ3v) is 4.84. The van der Waals surface area contributed by atoms with Gasteiger partial charge < -0.3 is 9.84 Å². The summed E-state index contributed by atoms with van der Waals surface area (Å²) in [6, 6.07) is 0.649. The molecule has 124 valence electrons. The Morgan fingerprint density at radius 3 is 2.38 bits per heavy atom. The van der Waals surface area contributed by atoms with Crippen molar-refractivity contribution in [3.8, 4) is 0 Å². The van der Waals surface area contributed by atoms with Crippen LogP contribution < -0.4 is 0 Å². The molecule has 0 aromatic carbocycles. The molecule has 4 heteroatoms. The summed E-state index contributed by atoms with van der Waals surface area (Å²) >= 11 is 0. The van der Waals surface area contributed by atoms with E-state index in [1.165, 1.54) is 19.3 Å². The van der Waals surface area contributed by atoms with E-state index >= 15 is 0 Å². The summed E-state index contributed by atoms with van der Waals surface area (Å²) in [6.45, 7) is 13.5. The van der Waals surface area contributed by atoms with E-state index in [9.17, 15) is 5.11 Å². The highest BCUT2D eigenvalue weighted by atomic mass is 16.5. The van der Waals surface area contributed by atoms with E-state index < -0.39 is 0 Å². The van der Waals surface area contributed by atoms with Crippen LogP contribution in [0.25, 0.3) is 0 Å². The van der Waals surface area contributed by atoms with Crippen LogP contribution in [0.5, 0.6) is 0 Å². The summed E-state index contributed by atoms with van der Waals surface area (Å²) < 4.78 is 5.76. The first kappa shape index (κ1) is 17.2. The summed E-state index contributed by atoms with van der Waals surface area (Å²) in [6.07, 6.45) is 4.21. The minimum atomic E-state index is -0.248. The Bertz CT molecular complexity index is 301. The van der Waals surface area contributed by atoms with Crippen molar-refractivity contribution >= 4 is 0 Å². The molecule has 4 atom stereocenters. The van der Waals surface area contributed by atoms with Crippen LogP contribution in [0.2, 0.25) is 0 Å². The smallest absolute Gasteiger partial charge is 0.0793 e. The molecule has 2 fully saturated rings. The number of morpholine rings is 1. The van der Waals surface area contributed by atoms with Crippen LogP contribution in [0.4, 0.5) is 0 Å². The maximum Gasteiger partial charge on any atom is 0.0793 e. The fourth-order valence-corrected chi connectivity index (χ4v) is 4.06. The predicted octanol–water partition coefficient (Wildman–Crippen LogP) is 1.97. The summed E-state index contributed by atoms with van der Waals surface area (Å²) in [5.74, 6) is 0.681. The van der Waals surface area contributed by atoms with Gasteiger partial charge in [0.05, 0.1) is 18.3 Å². The number of hydrogen-bond acceptors (Lipinski definition) is 4. The minimum Gasteiger partial charge on any atom is -0.390 e. The highest BCUT2D eigenvalue weighted by Gasteiger charge is 2.28. The first-order chi connectivity index (χ1) is 9.95. The molecule has 2 saturated heterocycles. The zero-order chi connectivity index (χ0) is 15.4. The maximum absolute atomic E-state index is 10.5. The van der Waals surface area contributed by atoms with Gasteiger partial charge in [-0.25, -0.2) is 0 Å². The van der Waals surface area contributed by atoms with Gasteiger partial charge in [0.2, 0.25) is 0 Å². The molecule has 0 spiro atoms. The molecular weight excluding hydrogens is 264 g/mol. The lowest BCUT2D eigenvalue weighted by molar-refractivity contribution is -0.0794. The van der Waals surface area contributed by atoms with Crippen LogP contribution in [-0.2, 0) is 4.74 Å². The number of aliphatic hydroxyl groups is 1. The SMILES string of the molecule is CC1CN(CC(O)CN2CCCCC2C(C)C)CC(C)O1. The van der Waals surface area contributed by atoms with Crippen molar-refractivity contribution in [3.63, 3.8) is 0 Å². The van der Waals surface area contributed by atoms with Crippen LogP contribution in [0.15, 0.2) is 0 Å². The van der Waals surface area contributed by atoms with Gasteiger partial charge in [-0.05, 0) is 39.2 Å². The number of piperidine rings is 1. The molecule has 4 unspecified atom stereocenters. The summed E-state index contributed by atoms with van der Waals surface area (Å²) in [4.78, 5) is 4.88. The van der Waals surface area contributed by atoms with Crippen molar-refractivity contribution in [2.75, 3.05) is 32.7 Å². The fourth-order valence-electron chi connectivity index (χ4n) is 4.06. The molecule has 21 heavy (non-hydrogen) atoms. The van der Waals surface area contributed by atoms with Gasteiger partial charge in [0.15, 0.2) is 0 Å². The Balaban J connectivity index is 1.81. The van der Waals surface area contributed by atoms with Crippen LogP contribution >= 0.6 is 0 Å². The van der Waals surface area contributed by atoms with Gasteiger partial charge >= 0.3 is 0 Å². The van der Waals surface area contributed by atoms with Gasteiger partial charge in [0.25, 0.3) is 0 Å². The van der Waals surface area contributed by atoms with Crippen molar-refractivity contribution in [2.24, 2.45) is 5.92 Å². The quantitative estimate of drug-likeness (QED) is 0.842. The second kappa shape index (κ2) is 7.91. The molecule has 2 rings (SSSR count). The average molecular weight is 298 g/mol. The molecule has 0 aromatic rings. The first-order valence-electron chi connectivity index (χ1n) is 8.75. The molecule has 2 aliphatic heterocycles. The van der Waals surface area contributed by atoms with E-state index in [0.29, 0.717) is 12.0 Å². The number of rotatable bonds is 5. The number of aliphatic hydroxyl groups excluding tert-OH is 1. The molecular formula is C17H34N2O2. The monoisotopic (exact) mass is 298 g/mol. The Hall–Kier alpha value is -0.160. The number of hydrogen-bond donors (Lipinski definition) is 1. The number of ether oxygens (including phenoxy) is 1. The van der Waals surface area contributed by atoms with Crippen molar-refractivity contribution < 1.29 is 9.84 Å². The lowest BCUT2D eigenvalue weighted by Gasteiger charge is -2.41. The minimum absolute atomic E-state index is 0.248. The predicted molar refractivity (Wildman–Crippen MR) is 86.5 cm³/mol. The molecule has 0 radical (unpaired) electrons. The molecule has 0 aliphatic carbocycles. The first-order valence-corrected chi connectivity index (χ1v) is 8.75. The van der Waals surface area contributed by atoms with Gasteiger partial charge in [-0.15, -0.1) is 0 Å². The zero-order valence-electron chi connectivity index (χ0n) is 14.3. The number of β-amino-alcohol motifs (C(OH)–C–C–N with tert-alkyl or cyclic N) is 1. The molecule has 0 bridgehead atoms. The van der Waals surface area contributed by atoms with Crippen molar-refractivity contribution in [2.45, 2.75) is 71.3 Å². The van der Waals surface area contributed by atoms with E-state index in [4.69, 9.17) is 4.74 Å². The Labute approximate surface area is 130 Å². The topological polar surface area (TPSA) is 35.9 Å². The molecule has 4 nitrogen and oxygen atoms in total. The van der Waals surface area contributed by atoms with Gasteiger partial charge in [-0.1, -0.05) is 20.3 Å². The van der Waals surface area contributed by atoms with Crippen molar-refractivity contribution in [1.29, 1.82) is 0 Å². The van der Waals surface area contributed by atoms with Gasteiger partial charge in [-0.3, -0.25) is 9.80 Å². The van der Waals surface area contributed by atoms with E-state index in [1.54, 1.807) is 0 Å². The van der Waals surface area contributed by atoms with Crippen LogP contribution in [0.3, 0.4) is 0 Å². The van der Waals surface area contributed by atoms with E-state index in [0.717, 1.165) is 32.7 Å². The standard InChI is InChI=1S/C17H34N2O2/c1-13(2)17-7-5-6-8-19(17)12-16(20)11-18-9-14(3)21-15(4)10-18/h13-17,20H,5-12H2,1-4H3. The summed E-state index contributed by atoms with van der Waals surface area (Å²) in [7, 11) is 0. The van der Waals surface area contributed by atoms with Crippen molar-refractivity contribution in [1.82, 2.24) is 9.80 Å². The molecule has 0 aromatic heterocycles. The number of likely N-dealkylation sites (tertiary alicyclic amines) is 1. The van der Waals surface area contributed by atoms with E-state index in [2.05, 4.69) is 37.5 Å². The molecule has 2 aliphatic rings. The van der Waals surface area contributed by atoms with Gasteiger partial charge in [-0.2, -0.15) is 0 Å². The fraction of sp³-hybridized carbons (Fsp3) is 1.00. The normalized spacial score (nSPS) is 34.3. The second-order valence-corrected chi connectivity index (χ2v) is 7.43. The maximum atomic E-state index is 10.5. The zero-order valence-corrected chi connectivity index (χ0v) is 14.3. The third kappa shape index (κ3) is 5.20. The van der Waals surface area contributed by atoms with Crippen molar-refractivity contribution in [3.05, 3.63) is 0 Å². The molecule has 0 saturated carbocycles. The molecule has 0 amide bonds. The van der Waals surface area contributed by atoms with E-state index in [-0.39, 0.29) is 18.3 Å². The lowest BCUT2D eigenvalue weighted by atomic mass is 9.92. The average Bonchev–Trinajstić information content (AvgIpc) is 2.37. The Kier molecular flexibility index (Phi) is 6.48. The van der Waals surface area contributed by atoms with Gasteiger partial charge in [0, 0.05) is 32.2 Å². The highest BCUT2D eigenvalue weighted by Crippen LogP contribution is 2.23. The molecule has 2 heterocycles. The highest BCUT2D eigenvalue weighted by molar-refractivity contribution is 4.83. The molecule has 1 N–H and O–H groups in total. The summed E-state index contributed by atoms with van der Waals surface area (Å²) in [5, 5.41) is 10.5. The van der Waals surface area contributed by atoms with Crippen LogP contribution in [-0.4, -0.2) is 72.0 Å². The van der Waals surface area contributed by atoms with Crippen LogP contribution in [0.1, 0.15) is 47.0 Å². The van der Waals surface area contributed by atoms with Gasteiger partial charge in [0.1, 0.15) is 0 Å². The largest absolute Gasteiger partial charge is 0.390 e. The number of nitrogens with zero attached hydrogens (tertiary/aromatic N) is 2. The van der Waals surface area contributed by atoms with Crippen LogP contribution in [0, 0.1) is 5.92 Å². The summed E-state index contributed by atoms with van der Waals surface area (Å²) in [5.41, 5.74) is 0. The Morgan fingerprint density at radius 1 is 1.10 bits per heavy atom. The third-order valence-electron chi connectivity index (χ3n) is 4.84. The Morgan fingerprint density at radius 2 is 1.76 bits per heavy atom. The van der Waals surface area contributed by atoms with E-state index in [1.807, 2.05) is 0 Å².